The molecule has 0 atom stereocenters. The molecule has 0 amide bonds. The topological polar surface area (TPSA) is 83.1 Å². The Morgan fingerprint density at radius 1 is 1.15 bits per heavy atom. The van der Waals surface area contributed by atoms with E-state index in [-0.39, 0.29) is 0 Å². The largest absolute Gasteiger partial charge is 0.436 e. The van der Waals surface area contributed by atoms with Gasteiger partial charge in [-0.05, 0) is 30.3 Å². The zero-order valence-electron chi connectivity index (χ0n) is 15.0. The van der Waals surface area contributed by atoms with Crippen LogP contribution in [0.4, 0.5) is 0 Å². The molecule has 1 N–H and O–H groups in total. The van der Waals surface area contributed by atoms with Gasteiger partial charge < -0.3 is 18.2 Å². The van der Waals surface area contributed by atoms with Crippen LogP contribution in [0.5, 0.6) is 5.75 Å². The maximum Gasteiger partial charge on any atom is 0.306 e. The van der Waals surface area contributed by atoms with E-state index in [1.807, 2.05) is 30.3 Å². The van der Waals surface area contributed by atoms with Gasteiger partial charge in [-0.3, -0.25) is 0 Å². The molecule has 4 rings (SSSR count). The van der Waals surface area contributed by atoms with E-state index in [2.05, 4.69) is 4.98 Å². The van der Waals surface area contributed by atoms with Crippen LogP contribution in [0.15, 0.2) is 46.9 Å². The van der Waals surface area contributed by atoms with E-state index in [0.29, 0.717) is 37.0 Å². The van der Waals surface area contributed by atoms with Crippen molar-refractivity contribution in [2.45, 2.75) is 6.54 Å². The minimum absolute atomic E-state index is 0.344. The van der Waals surface area contributed by atoms with Crippen LogP contribution in [0.2, 0.25) is 0 Å². The molecule has 8 heteroatoms. The number of para-hydroxylation sites is 2. The number of quaternary nitrogens is 1. The van der Waals surface area contributed by atoms with Crippen molar-refractivity contribution >= 4 is 21.2 Å². The summed E-state index contributed by atoms with van der Waals surface area (Å²) >= 11 is 0. The third-order valence-electron chi connectivity index (χ3n) is 4.48. The standard InChI is InChI=1S/C19H20N2O5S/c1-27(22,23)26-17-7-6-14(12-15(17)13-21-8-10-24-11-9-21)19-20-16-4-2-3-5-18(16)25-19/h2-7,12H,8-11,13H2,1H3/p+1. The van der Waals surface area contributed by atoms with Crippen molar-refractivity contribution in [2.24, 2.45) is 0 Å². The minimum Gasteiger partial charge on any atom is -0.436 e. The van der Waals surface area contributed by atoms with Gasteiger partial charge in [-0.25, -0.2) is 4.98 Å². The minimum atomic E-state index is -3.61. The molecule has 142 valence electrons. The number of fused-ring (bicyclic) bond motifs is 1. The van der Waals surface area contributed by atoms with Crippen LogP contribution in [0.1, 0.15) is 5.56 Å². The first kappa shape index (κ1) is 18.0. The molecular formula is C19H21N2O5S+. The van der Waals surface area contributed by atoms with Crippen molar-refractivity contribution in [2.75, 3.05) is 32.6 Å². The Kier molecular flexibility index (Phi) is 4.86. The van der Waals surface area contributed by atoms with E-state index in [4.69, 9.17) is 13.3 Å². The summed E-state index contributed by atoms with van der Waals surface area (Å²) in [5, 5.41) is 0. The van der Waals surface area contributed by atoms with Crippen LogP contribution in [-0.2, 0) is 21.4 Å². The van der Waals surface area contributed by atoms with E-state index >= 15 is 0 Å². The Balaban J connectivity index is 1.71. The number of aromatic nitrogens is 1. The van der Waals surface area contributed by atoms with Gasteiger partial charge in [-0.1, -0.05) is 12.1 Å². The molecule has 27 heavy (non-hydrogen) atoms. The predicted octanol–water partition coefficient (Wildman–Crippen LogP) is 1.25. The van der Waals surface area contributed by atoms with Crippen molar-refractivity contribution < 1.29 is 26.7 Å². The normalized spacial score (nSPS) is 15.9. The smallest absolute Gasteiger partial charge is 0.306 e. The lowest BCUT2D eigenvalue weighted by atomic mass is 10.1. The number of nitrogens with one attached hydrogen (secondary N) is 1. The molecule has 0 radical (unpaired) electrons. The molecule has 3 aromatic rings. The van der Waals surface area contributed by atoms with Gasteiger partial charge in [-0.15, -0.1) is 0 Å². The van der Waals surface area contributed by atoms with Gasteiger partial charge in [0, 0.05) is 5.56 Å². The molecule has 0 saturated carbocycles. The molecule has 1 aliphatic rings. The highest BCUT2D eigenvalue weighted by Gasteiger charge is 2.20. The lowest BCUT2D eigenvalue weighted by molar-refractivity contribution is -0.921. The van der Waals surface area contributed by atoms with Crippen molar-refractivity contribution in [3.05, 3.63) is 48.0 Å². The molecule has 1 fully saturated rings. The maximum atomic E-state index is 11.6. The van der Waals surface area contributed by atoms with E-state index in [9.17, 15) is 8.42 Å². The molecule has 7 nitrogen and oxygen atoms in total. The molecule has 2 aromatic carbocycles. The zero-order chi connectivity index (χ0) is 18.9. The molecule has 0 unspecified atom stereocenters. The number of ether oxygens (including phenoxy) is 1. The van der Waals surface area contributed by atoms with Gasteiger partial charge in [-0.2, -0.15) is 8.42 Å². The second kappa shape index (κ2) is 7.30. The summed E-state index contributed by atoms with van der Waals surface area (Å²) in [5.74, 6) is 0.844. The van der Waals surface area contributed by atoms with Crippen LogP contribution in [0, 0.1) is 0 Å². The first-order chi connectivity index (χ1) is 13.0. The number of oxazole rings is 1. The quantitative estimate of drug-likeness (QED) is 0.662. The average Bonchev–Trinajstić information content (AvgIpc) is 3.07. The Labute approximate surface area is 157 Å². The van der Waals surface area contributed by atoms with Crippen molar-refractivity contribution in [1.29, 1.82) is 0 Å². The highest BCUT2D eigenvalue weighted by Crippen LogP contribution is 2.29. The zero-order valence-corrected chi connectivity index (χ0v) is 15.8. The van der Waals surface area contributed by atoms with Crippen LogP contribution in [0.3, 0.4) is 0 Å². The molecule has 1 saturated heterocycles. The highest BCUT2D eigenvalue weighted by atomic mass is 32.2. The summed E-state index contributed by atoms with van der Waals surface area (Å²) in [4.78, 5) is 5.84. The highest BCUT2D eigenvalue weighted by molar-refractivity contribution is 7.86. The Hall–Kier alpha value is -2.42. The number of hydrogen-bond acceptors (Lipinski definition) is 6. The summed E-state index contributed by atoms with van der Waals surface area (Å²) in [6, 6.07) is 12.9. The van der Waals surface area contributed by atoms with E-state index < -0.39 is 10.1 Å². The number of hydrogen-bond donors (Lipinski definition) is 1. The monoisotopic (exact) mass is 389 g/mol. The van der Waals surface area contributed by atoms with Gasteiger partial charge >= 0.3 is 10.1 Å². The maximum absolute atomic E-state index is 11.6. The number of nitrogens with zero attached hydrogens (tertiary/aromatic N) is 1. The fourth-order valence-electron chi connectivity index (χ4n) is 3.20. The van der Waals surface area contributed by atoms with Crippen molar-refractivity contribution in [1.82, 2.24) is 4.98 Å². The van der Waals surface area contributed by atoms with Crippen LogP contribution in [-0.4, -0.2) is 46.0 Å². The molecule has 0 aliphatic carbocycles. The van der Waals surface area contributed by atoms with E-state index in [0.717, 1.165) is 36.0 Å². The number of rotatable bonds is 5. The van der Waals surface area contributed by atoms with Crippen LogP contribution < -0.4 is 9.08 Å². The van der Waals surface area contributed by atoms with Gasteiger partial charge in [0.2, 0.25) is 5.89 Å². The predicted molar refractivity (Wildman–Crippen MR) is 100 cm³/mol. The second-order valence-electron chi connectivity index (χ2n) is 6.64. The van der Waals surface area contributed by atoms with Crippen LogP contribution >= 0.6 is 0 Å². The van der Waals surface area contributed by atoms with Gasteiger partial charge in [0.1, 0.15) is 25.2 Å². The van der Waals surface area contributed by atoms with E-state index in [1.54, 1.807) is 12.1 Å². The fourth-order valence-corrected chi connectivity index (χ4v) is 3.69. The third kappa shape index (κ3) is 4.29. The summed E-state index contributed by atoms with van der Waals surface area (Å²) in [5.41, 5.74) is 3.08. The summed E-state index contributed by atoms with van der Waals surface area (Å²) < 4.78 is 39.7. The van der Waals surface area contributed by atoms with Gasteiger partial charge in [0.15, 0.2) is 11.3 Å². The first-order valence-electron chi connectivity index (χ1n) is 8.77. The number of morpholine rings is 1. The summed E-state index contributed by atoms with van der Waals surface area (Å²) in [6.45, 7) is 3.77. The molecular weight excluding hydrogens is 368 g/mol. The second-order valence-corrected chi connectivity index (χ2v) is 8.21. The first-order valence-corrected chi connectivity index (χ1v) is 10.6. The Morgan fingerprint density at radius 2 is 1.93 bits per heavy atom. The summed E-state index contributed by atoms with van der Waals surface area (Å²) in [7, 11) is -3.61. The Morgan fingerprint density at radius 3 is 2.67 bits per heavy atom. The van der Waals surface area contributed by atoms with Crippen molar-refractivity contribution in [3.8, 4) is 17.2 Å². The van der Waals surface area contributed by atoms with Gasteiger partial charge in [0.05, 0.1) is 25.0 Å². The van der Waals surface area contributed by atoms with Crippen molar-refractivity contribution in [3.63, 3.8) is 0 Å². The molecule has 1 aromatic heterocycles. The van der Waals surface area contributed by atoms with E-state index in [1.165, 1.54) is 4.90 Å². The molecule has 0 spiro atoms. The third-order valence-corrected chi connectivity index (χ3v) is 4.97. The molecule has 0 bridgehead atoms. The number of benzene rings is 2. The molecule has 1 aliphatic heterocycles. The SMILES string of the molecule is CS(=O)(=O)Oc1ccc(-c2nc3ccccc3o2)cc1C[NH+]1CCOCC1. The lowest BCUT2D eigenvalue weighted by Gasteiger charge is -2.24. The van der Waals surface area contributed by atoms with Gasteiger partial charge in [0.25, 0.3) is 0 Å². The fraction of sp³-hybridized carbons (Fsp3) is 0.316. The lowest BCUT2D eigenvalue weighted by Crippen LogP contribution is -3.12. The van der Waals surface area contributed by atoms with Crippen LogP contribution in [0.25, 0.3) is 22.6 Å². The molecule has 2 heterocycles. The average molecular weight is 389 g/mol. The Bertz CT molecular complexity index is 1020. The summed E-state index contributed by atoms with van der Waals surface area (Å²) in [6.07, 6.45) is 1.05.